The molecule has 2 aromatic carbocycles. The fraction of sp³-hybridized carbons (Fsp3) is 0.486. The van der Waals surface area contributed by atoms with Crippen LogP contribution in [-0.4, -0.2) is 34.8 Å². The van der Waals surface area contributed by atoms with Crippen molar-refractivity contribution in [1.82, 2.24) is 0 Å². The molecule has 0 saturated carbocycles. The Labute approximate surface area is 280 Å². The monoisotopic (exact) mass is 690 g/mol. The van der Waals surface area contributed by atoms with Crippen molar-refractivity contribution >= 4 is 50.5 Å². The third-order valence-corrected chi connectivity index (χ3v) is 9.51. The zero-order valence-corrected chi connectivity index (χ0v) is 29.6. The van der Waals surface area contributed by atoms with Gasteiger partial charge in [0.05, 0.1) is 13.2 Å². The van der Waals surface area contributed by atoms with Crippen molar-refractivity contribution in [2.24, 2.45) is 0 Å². The van der Waals surface area contributed by atoms with E-state index >= 15 is 0 Å². The molecule has 0 spiro atoms. The molecule has 2 rings (SSSR count). The summed E-state index contributed by atoms with van der Waals surface area (Å²) in [6.07, 6.45) is 16.0. The normalized spacial score (nSPS) is 12.2. The van der Waals surface area contributed by atoms with Crippen molar-refractivity contribution < 1.29 is 37.6 Å². The van der Waals surface area contributed by atoms with Gasteiger partial charge in [-0.2, -0.15) is 0 Å². The minimum absolute atomic E-state index is 0.00730. The second kappa shape index (κ2) is 22.7. The smallest absolute Gasteiger partial charge is 0.326 e. The van der Waals surface area contributed by atoms with Gasteiger partial charge < -0.3 is 29.5 Å². The predicted molar refractivity (Wildman–Crippen MR) is 191 cm³/mol. The highest BCUT2D eigenvalue weighted by atomic mass is 31.2. The van der Waals surface area contributed by atoms with Crippen LogP contribution in [0.3, 0.4) is 0 Å². The molecule has 0 aliphatic carbocycles. The number of nitrogens with one attached hydrogen (secondary N) is 2. The lowest BCUT2D eigenvalue weighted by Gasteiger charge is -2.12. The summed E-state index contributed by atoms with van der Waals surface area (Å²) >= 11 is 0. The molecule has 0 saturated heterocycles. The third kappa shape index (κ3) is 19.5. The lowest BCUT2D eigenvalue weighted by Crippen LogP contribution is -2.10. The summed E-state index contributed by atoms with van der Waals surface area (Å²) in [5.74, 6) is 2.30. The van der Waals surface area contributed by atoms with Crippen LogP contribution in [0.1, 0.15) is 108 Å². The second-order valence-corrected chi connectivity index (χ2v) is 14.7. The fourth-order valence-electron chi connectivity index (χ4n) is 4.81. The molecule has 0 aliphatic heterocycles. The van der Waals surface area contributed by atoms with Gasteiger partial charge in [0, 0.05) is 35.9 Å². The van der Waals surface area contributed by atoms with Gasteiger partial charge in [0.15, 0.2) is 0 Å². The lowest BCUT2D eigenvalue weighted by atomic mass is 10.0. The molecule has 4 N–H and O–H groups in total. The van der Waals surface area contributed by atoms with E-state index in [1.165, 1.54) is 44.0 Å². The molecule has 0 atom stereocenters. The summed E-state index contributed by atoms with van der Waals surface area (Å²) in [6.45, 7) is 4.14. The number of rotatable bonds is 24. The molecule has 0 heterocycles. The number of carbonyl (C=O) groups excluding carboxylic acids is 2. The Morgan fingerprint density at radius 1 is 0.596 bits per heavy atom. The van der Waals surface area contributed by atoms with Crippen molar-refractivity contribution in [2.75, 3.05) is 23.8 Å². The Morgan fingerprint density at radius 3 is 1.28 bits per heavy atom. The molecule has 10 nitrogen and oxygen atoms in total. The molecule has 0 aromatic heterocycles. The van der Waals surface area contributed by atoms with Crippen LogP contribution in [0.2, 0.25) is 0 Å². The van der Waals surface area contributed by atoms with Gasteiger partial charge in [-0.15, -0.1) is 0 Å². The van der Waals surface area contributed by atoms with Gasteiger partial charge in [-0.1, -0.05) is 82.1 Å². The van der Waals surface area contributed by atoms with Gasteiger partial charge in [-0.05, 0) is 74.2 Å². The minimum atomic E-state index is -4.19. The maximum Gasteiger partial charge on any atom is 0.354 e. The molecule has 260 valence electrons. The van der Waals surface area contributed by atoms with Crippen LogP contribution >= 0.6 is 15.2 Å². The Hall–Kier alpha value is -2.84. The van der Waals surface area contributed by atoms with Crippen LogP contribution < -0.4 is 10.6 Å². The van der Waals surface area contributed by atoms with E-state index in [1.807, 2.05) is 24.3 Å². The summed E-state index contributed by atoms with van der Waals surface area (Å²) in [5.41, 5.74) is 2.88. The number of anilines is 2. The second-order valence-electron chi connectivity index (χ2n) is 11.3. The zero-order valence-electron chi connectivity index (χ0n) is 27.8. The largest absolute Gasteiger partial charge is 0.354 e. The highest BCUT2D eigenvalue weighted by Crippen LogP contribution is 2.50. The molecule has 12 heteroatoms. The molecule has 0 radical (unpaired) electrons. The van der Waals surface area contributed by atoms with Crippen molar-refractivity contribution in [2.45, 2.75) is 97.3 Å². The van der Waals surface area contributed by atoms with Crippen LogP contribution in [-0.2, 0) is 27.8 Å². The van der Waals surface area contributed by atoms with Crippen LogP contribution in [0.15, 0.2) is 60.2 Å². The van der Waals surface area contributed by atoms with Crippen LogP contribution in [0.4, 0.5) is 11.4 Å². The highest BCUT2D eigenvalue weighted by molar-refractivity contribution is 7.57. The van der Waals surface area contributed by atoms with Crippen molar-refractivity contribution in [3.05, 3.63) is 71.3 Å². The third-order valence-electron chi connectivity index (χ3n) is 7.23. The van der Waals surface area contributed by atoms with E-state index in [2.05, 4.69) is 10.6 Å². The maximum absolute atomic E-state index is 12.5. The first-order chi connectivity index (χ1) is 22.5. The average Bonchev–Trinajstić information content (AvgIpc) is 3.02. The van der Waals surface area contributed by atoms with E-state index in [4.69, 9.17) is 18.8 Å². The van der Waals surface area contributed by atoms with Gasteiger partial charge in [-0.3, -0.25) is 18.7 Å². The Morgan fingerprint density at radius 2 is 0.936 bits per heavy atom. The fourth-order valence-corrected chi connectivity index (χ4v) is 6.50. The number of hydrogen-bond donors (Lipinski definition) is 4. The SMILES string of the molecule is CCOP(=O)(C=Cc1ccc(NC(=O)CCCCCCCCCCCCCC(=O)Nc2ccc(C=CP(=O)(O)O)cc2)cc1)OCC. The van der Waals surface area contributed by atoms with Crippen LogP contribution in [0, 0.1) is 0 Å². The van der Waals surface area contributed by atoms with Gasteiger partial charge in [0.1, 0.15) is 0 Å². The Balaban J connectivity index is 1.45. The van der Waals surface area contributed by atoms with Crippen LogP contribution in [0.5, 0.6) is 0 Å². The van der Waals surface area contributed by atoms with Gasteiger partial charge in [0.2, 0.25) is 11.8 Å². The van der Waals surface area contributed by atoms with Gasteiger partial charge in [-0.25, -0.2) is 0 Å². The van der Waals surface area contributed by atoms with E-state index < -0.39 is 15.2 Å². The molecule has 0 aliphatic rings. The summed E-state index contributed by atoms with van der Waals surface area (Å²) in [5, 5.41) is 5.80. The van der Waals surface area contributed by atoms with E-state index in [1.54, 1.807) is 44.2 Å². The lowest BCUT2D eigenvalue weighted by molar-refractivity contribution is -0.117. The average molecular weight is 691 g/mol. The number of unbranched alkanes of at least 4 members (excludes halogenated alkanes) is 10. The first-order valence-electron chi connectivity index (χ1n) is 16.6. The predicted octanol–water partition coefficient (Wildman–Crippen LogP) is 9.72. The van der Waals surface area contributed by atoms with E-state index in [-0.39, 0.29) is 11.8 Å². The van der Waals surface area contributed by atoms with Crippen molar-refractivity contribution in [1.29, 1.82) is 0 Å². The van der Waals surface area contributed by atoms with E-state index in [0.717, 1.165) is 55.6 Å². The standard InChI is InChI=1S/C35H52N2O8P2/c1-3-44-47(43,45-4-2)29-27-31-20-24-33(25-21-31)37-35(39)17-15-13-11-9-7-5-6-8-10-12-14-16-34(38)36-32-22-18-30(19-23-32)26-28-46(40,41)42/h18-29H,3-17H2,1-2H3,(H,36,38)(H,37,39)(H2,40,41,42). The summed E-state index contributed by atoms with van der Waals surface area (Å²) in [4.78, 5) is 42.3. The first-order valence-corrected chi connectivity index (χ1v) is 19.9. The molecule has 0 fully saturated rings. The zero-order chi connectivity index (χ0) is 34.4. The molecule has 0 bridgehead atoms. The van der Waals surface area contributed by atoms with Crippen LogP contribution in [0.25, 0.3) is 12.2 Å². The molecule has 2 amide bonds. The molecular weight excluding hydrogens is 638 g/mol. The van der Waals surface area contributed by atoms with E-state index in [9.17, 15) is 18.7 Å². The summed E-state index contributed by atoms with van der Waals surface area (Å²) in [7, 11) is -7.43. The van der Waals surface area contributed by atoms with Crippen molar-refractivity contribution in [3.63, 3.8) is 0 Å². The van der Waals surface area contributed by atoms with Crippen molar-refractivity contribution in [3.8, 4) is 0 Å². The Kier molecular flexibility index (Phi) is 19.5. The van der Waals surface area contributed by atoms with Gasteiger partial charge in [0.25, 0.3) is 0 Å². The quantitative estimate of drug-likeness (QED) is 0.0628. The highest BCUT2D eigenvalue weighted by Gasteiger charge is 2.18. The molecule has 47 heavy (non-hydrogen) atoms. The first kappa shape index (κ1) is 40.3. The molecule has 2 aromatic rings. The number of hydrogen-bond acceptors (Lipinski definition) is 6. The number of benzene rings is 2. The number of amides is 2. The van der Waals surface area contributed by atoms with E-state index in [0.29, 0.717) is 37.3 Å². The summed E-state index contributed by atoms with van der Waals surface area (Å²) in [6, 6.07) is 14.2. The topological polar surface area (TPSA) is 151 Å². The minimum Gasteiger partial charge on any atom is -0.326 e. The van der Waals surface area contributed by atoms with Gasteiger partial charge >= 0.3 is 15.2 Å². The molecular formula is C35H52N2O8P2. The number of carbonyl (C=O) groups is 2. The Bertz CT molecular complexity index is 1340. The molecule has 0 unspecified atom stereocenters. The maximum atomic E-state index is 12.5. The summed E-state index contributed by atoms with van der Waals surface area (Å²) < 4.78 is 34.0.